The van der Waals surface area contributed by atoms with E-state index in [4.69, 9.17) is 24.7 Å². The highest BCUT2D eigenvalue weighted by Gasteiger charge is 2.00. The normalized spacial score (nSPS) is 10.7. The average Bonchev–Trinajstić information content (AvgIpc) is 2.45. The van der Waals surface area contributed by atoms with Crippen LogP contribution >= 0.6 is 0 Å². The third-order valence-corrected chi connectivity index (χ3v) is 2.25. The molecule has 0 radical (unpaired) electrons. The third kappa shape index (κ3) is 15.3. The second-order valence-electron chi connectivity index (χ2n) is 3.92. The largest absolute Gasteiger partial charge is 0.379 e. The molecular weight excluding hydrogens is 264 g/mol. The van der Waals surface area contributed by atoms with Gasteiger partial charge in [-0.1, -0.05) is 0 Å². The van der Waals surface area contributed by atoms with E-state index < -0.39 is 0 Å². The zero-order chi connectivity index (χ0) is 14.9. The van der Waals surface area contributed by atoms with Crippen LogP contribution in [0.25, 0.3) is 0 Å². The Kier molecular flexibility index (Phi) is 15.7. The van der Waals surface area contributed by atoms with Crippen molar-refractivity contribution in [2.45, 2.75) is 13.3 Å². The van der Waals surface area contributed by atoms with Crippen LogP contribution in [0.2, 0.25) is 0 Å². The Morgan fingerprint density at radius 2 is 1.50 bits per heavy atom. The Balaban J connectivity index is 3.13. The molecule has 1 amide bonds. The van der Waals surface area contributed by atoms with Crippen LogP contribution in [0.15, 0.2) is 0 Å². The van der Waals surface area contributed by atoms with E-state index in [2.05, 4.69) is 5.32 Å². The predicted molar refractivity (Wildman–Crippen MR) is 75.6 cm³/mol. The van der Waals surface area contributed by atoms with Gasteiger partial charge in [0.05, 0.1) is 46.2 Å². The molecule has 20 heavy (non-hydrogen) atoms. The fraction of sp³-hybridized carbons (Fsp3) is 0.923. The first-order valence-electron chi connectivity index (χ1n) is 7.09. The number of ether oxygens (including phenoxy) is 4. The summed E-state index contributed by atoms with van der Waals surface area (Å²) in [6.45, 7) is 7.19. The van der Waals surface area contributed by atoms with E-state index in [0.717, 1.165) is 0 Å². The van der Waals surface area contributed by atoms with Crippen molar-refractivity contribution < 1.29 is 23.7 Å². The molecule has 3 N–H and O–H groups in total. The molecule has 0 atom stereocenters. The van der Waals surface area contributed by atoms with Crippen LogP contribution in [0.3, 0.4) is 0 Å². The Labute approximate surface area is 121 Å². The zero-order valence-corrected chi connectivity index (χ0v) is 12.4. The Morgan fingerprint density at radius 1 is 0.900 bits per heavy atom. The molecule has 0 rings (SSSR count). The first-order chi connectivity index (χ1) is 9.81. The average molecular weight is 292 g/mol. The summed E-state index contributed by atoms with van der Waals surface area (Å²) < 4.78 is 20.8. The topological polar surface area (TPSA) is 92.0 Å². The molecule has 0 heterocycles. The van der Waals surface area contributed by atoms with E-state index in [1.165, 1.54) is 0 Å². The number of nitrogens with one attached hydrogen (secondary N) is 1. The molecule has 0 bridgehead atoms. The summed E-state index contributed by atoms with van der Waals surface area (Å²) in [6.07, 6.45) is 0.343. The van der Waals surface area contributed by atoms with Gasteiger partial charge in [0.2, 0.25) is 5.91 Å². The monoisotopic (exact) mass is 292 g/mol. The lowest BCUT2D eigenvalue weighted by Gasteiger charge is -2.07. The first kappa shape index (κ1) is 19.3. The van der Waals surface area contributed by atoms with Gasteiger partial charge in [0.15, 0.2) is 0 Å². The maximum atomic E-state index is 11.4. The smallest absolute Gasteiger partial charge is 0.222 e. The number of nitrogens with two attached hydrogens (primary N) is 1. The number of carbonyl (C=O) groups is 1. The molecule has 120 valence electrons. The summed E-state index contributed by atoms with van der Waals surface area (Å²) in [5.41, 5.74) is 5.27. The number of hydrogen-bond acceptors (Lipinski definition) is 6. The van der Waals surface area contributed by atoms with Gasteiger partial charge in [-0.15, -0.1) is 0 Å². The third-order valence-electron chi connectivity index (χ3n) is 2.25. The van der Waals surface area contributed by atoms with Gasteiger partial charge in [-0.3, -0.25) is 4.79 Å². The quantitative estimate of drug-likeness (QED) is 0.397. The first-order valence-corrected chi connectivity index (χ1v) is 7.09. The molecule has 0 unspecified atom stereocenters. The molecule has 7 nitrogen and oxygen atoms in total. The summed E-state index contributed by atoms with van der Waals surface area (Å²) in [5, 5.41) is 2.75. The second-order valence-corrected chi connectivity index (χ2v) is 3.92. The minimum absolute atomic E-state index is 0.0405. The lowest BCUT2D eigenvalue weighted by molar-refractivity contribution is -0.122. The van der Waals surface area contributed by atoms with Gasteiger partial charge in [-0.2, -0.15) is 0 Å². The lowest BCUT2D eigenvalue weighted by atomic mass is 10.4. The Morgan fingerprint density at radius 3 is 2.15 bits per heavy atom. The summed E-state index contributed by atoms with van der Waals surface area (Å²) in [6, 6.07) is 0. The SMILES string of the molecule is CCOCCOCCNC(=O)CCOCCOCCN. The molecule has 0 aliphatic rings. The highest BCUT2D eigenvalue weighted by molar-refractivity contribution is 5.75. The van der Waals surface area contributed by atoms with Crippen molar-refractivity contribution in [3.05, 3.63) is 0 Å². The molecule has 7 heteroatoms. The predicted octanol–water partition coefficient (Wildman–Crippen LogP) is -0.462. The summed E-state index contributed by atoms with van der Waals surface area (Å²) >= 11 is 0. The van der Waals surface area contributed by atoms with Crippen LogP contribution in [0, 0.1) is 0 Å². The fourth-order valence-electron chi connectivity index (χ4n) is 1.29. The molecule has 0 aliphatic heterocycles. The van der Waals surface area contributed by atoms with E-state index in [-0.39, 0.29) is 5.91 Å². The number of hydrogen-bond donors (Lipinski definition) is 2. The van der Waals surface area contributed by atoms with Gasteiger partial charge in [-0.25, -0.2) is 0 Å². The number of amides is 1. The van der Waals surface area contributed by atoms with Gasteiger partial charge in [0.1, 0.15) is 0 Å². The van der Waals surface area contributed by atoms with Gasteiger partial charge in [0, 0.05) is 26.1 Å². The van der Waals surface area contributed by atoms with E-state index in [1.807, 2.05) is 6.92 Å². The second kappa shape index (κ2) is 16.3. The molecular formula is C13H28N2O5. The van der Waals surface area contributed by atoms with Crippen molar-refractivity contribution in [3.63, 3.8) is 0 Å². The van der Waals surface area contributed by atoms with Crippen LogP contribution in [0.4, 0.5) is 0 Å². The van der Waals surface area contributed by atoms with Crippen molar-refractivity contribution >= 4 is 5.91 Å². The maximum absolute atomic E-state index is 11.4. The van der Waals surface area contributed by atoms with Gasteiger partial charge in [0.25, 0.3) is 0 Å². The van der Waals surface area contributed by atoms with Crippen molar-refractivity contribution in [3.8, 4) is 0 Å². The van der Waals surface area contributed by atoms with Gasteiger partial charge < -0.3 is 30.0 Å². The van der Waals surface area contributed by atoms with Crippen LogP contribution in [0.1, 0.15) is 13.3 Å². The molecule has 0 saturated carbocycles. The molecule has 0 spiro atoms. The lowest BCUT2D eigenvalue weighted by Crippen LogP contribution is -2.28. The van der Waals surface area contributed by atoms with Crippen LogP contribution in [-0.4, -0.2) is 71.9 Å². The number of carbonyl (C=O) groups excluding carboxylic acids is 1. The zero-order valence-electron chi connectivity index (χ0n) is 12.4. The van der Waals surface area contributed by atoms with E-state index in [9.17, 15) is 4.79 Å². The minimum Gasteiger partial charge on any atom is -0.379 e. The fourth-order valence-corrected chi connectivity index (χ4v) is 1.29. The van der Waals surface area contributed by atoms with Crippen molar-refractivity contribution in [1.82, 2.24) is 5.32 Å². The van der Waals surface area contributed by atoms with Crippen LogP contribution in [-0.2, 0) is 23.7 Å². The van der Waals surface area contributed by atoms with Crippen LogP contribution < -0.4 is 11.1 Å². The Hall–Kier alpha value is -0.730. The van der Waals surface area contributed by atoms with Crippen LogP contribution in [0.5, 0.6) is 0 Å². The summed E-state index contributed by atoms with van der Waals surface area (Å²) in [5.74, 6) is -0.0405. The standard InChI is InChI=1S/C13H28N2O5/c1-2-17-9-10-20-8-5-15-13(16)3-6-18-11-12-19-7-4-14/h2-12,14H2,1H3,(H,15,16). The van der Waals surface area contributed by atoms with Gasteiger partial charge >= 0.3 is 0 Å². The highest BCUT2D eigenvalue weighted by atomic mass is 16.5. The molecule has 0 aromatic carbocycles. The van der Waals surface area contributed by atoms with E-state index in [1.54, 1.807) is 0 Å². The summed E-state index contributed by atoms with van der Waals surface area (Å²) in [7, 11) is 0. The maximum Gasteiger partial charge on any atom is 0.222 e. The minimum atomic E-state index is -0.0405. The molecule has 0 aromatic heterocycles. The highest BCUT2D eigenvalue weighted by Crippen LogP contribution is 1.85. The number of rotatable bonds is 15. The summed E-state index contributed by atoms with van der Waals surface area (Å²) in [4.78, 5) is 11.4. The van der Waals surface area contributed by atoms with Gasteiger partial charge in [-0.05, 0) is 6.92 Å². The Bertz CT molecular complexity index is 197. The molecule has 0 fully saturated rings. The van der Waals surface area contributed by atoms with E-state index in [0.29, 0.717) is 72.4 Å². The molecule has 0 aromatic rings. The van der Waals surface area contributed by atoms with Crippen molar-refractivity contribution in [2.24, 2.45) is 5.73 Å². The van der Waals surface area contributed by atoms with E-state index >= 15 is 0 Å². The van der Waals surface area contributed by atoms with Crippen molar-refractivity contribution in [1.29, 1.82) is 0 Å². The molecule has 0 aliphatic carbocycles. The molecule has 0 saturated heterocycles. The van der Waals surface area contributed by atoms with Crippen molar-refractivity contribution in [2.75, 3.05) is 65.9 Å².